The second kappa shape index (κ2) is 5.71. The highest BCUT2D eigenvalue weighted by Crippen LogP contribution is 2.24. The Kier molecular flexibility index (Phi) is 3.38. The number of ether oxygens (including phenoxy) is 1. The second-order valence-corrected chi connectivity index (χ2v) is 5.27. The Hall–Kier alpha value is -3.75. The Labute approximate surface area is 140 Å². The summed E-state index contributed by atoms with van der Waals surface area (Å²) < 4.78 is 6.46. The number of carbonyl (C=O) groups is 1. The van der Waals surface area contributed by atoms with Crippen LogP contribution in [0.3, 0.4) is 0 Å². The van der Waals surface area contributed by atoms with Crippen molar-refractivity contribution in [2.24, 2.45) is 0 Å². The van der Waals surface area contributed by atoms with Crippen LogP contribution in [0.5, 0.6) is 0 Å². The predicted molar refractivity (Wildman–Crippen MR) is 87.5 cm³/mol. The molecule has 4 rings (SSSR count). The van der Waals surface area contributed by atoms with Gasteiger partial charge < -0.3 is 9.30 Å². The van der Waals surface area contributed by atoms with Crippen LogP contribution in [0.1, 0.15) is 10.4 Å². The molecular formula is C16H12N6O3. The van der Waals surface area contributed by atoms with Gasteiger partial charge in [-0.05, 0) is 24.3 Å². The number of hydrogen-bond donors (Lipinski definition) is 2. The SMILES string of the molecule is COC(=O)c1cn(-c2ccc(-c3ncn[nH]3)cc2)cc2c(=O)[nH]nc1-2. The third-order valence-corrected chi connectivity index (χ3v) is 3.82. The monoisotopic (exact) mass is 336 g/mol. The molecule has 0 fully saturated rings. The van der Waals surface area contributed by atoms with Gasteiger partial charge in [0.15, 0.2) is 5.82 Å². The van der Waals surface area contributed by atoms with E-state index in [-0.39, 0.29) is 16.8 Å². The molecule has 1 aromatic carbocycles. The van der Waals surface area contributed by atoms with Crippen LogP contribution in [0.25, 0.3) is 28.3 Å². The molecule has 0 aliphatic carbocycles. The Balaban J connectivity index is 1.83. The van der Waals surface area contributed by atoms with Crippen LogP contribution in [0.4, 0.5) is 0 Å². The van der Waals surface area contributed by atoms with Crippen molar-refractivity contribution in [3.8, 4) is 28.3 Å². The summed E-state index contributed by atoms with van der Waals surface area (Å²) >= 11 is 0. The maximum absolute atomic E-state index is 12.0. The van der Waals surface area contributed by atoms with Crippen molar-refractivity contribution in [3.05, 3.63) is 58.9 Å². The number of benzene rings is 1. The first-order chi connectivity index (χ1) is 12.2. The first-order valence-electron chi connectivity index (χ1n) is 7.32. The molecule has 2 aromatic rings. The average Bonchev–Trinajstić information content (AvgIpc) is 3.31. The summed E-state index contributed by atoms with van der Waals surface area (Å²) in [4.78, 5) is 28.0. The normalized spacial score (nSPS) is 10.9. The third-order valence-electron chi connectivity index (χ3n) is 3.82. The van der Waals surface area contributed by atoms with Crippen molar-refractivity contribution in [3.63, 3.8) is 0 Å². The van der Waals surface area contributed by atoms with E-state index >= 15 is 0 Å². The maximum Gasteiger partial charge on any atom is 0.341 e. The zero-order valence-electron chi connectivity index (χ0n) is 13.1. The van der Waals surface area contributed by atoms with Gasteiger partial charge in [-0.15, -0.1) is 0 Å². The number of hydrogen-bond acceptors (Lipinski definition) is 6. The van der Waals surface area contributed by atoms with Crippen LogP contribution in [0.15, 0.2) is 47.8 Å². The number of pyridine rings is 1. The summed E-state index contributed by atoms with van der Waals surface area (Å²) in [7, 11) is 1.28. The topological polar surface area (TPSA) is 119 Å². The molecule has 0 radical (unpaired) electrons. The molecule has 0 spiro atoms. The van der Waals surface area contributed by atoms with E-state index in [4.69, 9.17) is 4.74 Å². The predicted octanol–water partition coefficient (Wildman–Crippen LogP) is 1.24. The Bertz CT molecular complexity index is 1060. The van der Waals surface area contributed by atoms with Crippen LogP contribution < -0.4 is 5.56 Å². The summed E-state index contributed by atoms with van der Waals surface area (Å²) in [5.41, 5.74) is 2.05. The standard InChI is InChI=1S/C16H12N6O3/c1-25-16(24)12-7-22(6-11-13(12)19-21-15(11)23)10-4-2-9(3-5-10)14-17-8-18-20-14/h2-8H,1H3,(H,21,23)(H,17,18,20). The second-order valence-electron chi connectivity index (χ2n) is 5.27. The van der Waals surface area contributed by atoms with Crippen molar-refractivity contribution < 1.29 is 9.53 Å². The number of aromatic nitrogens is 6. The van der Waals surface area contributed by atoms with E-state index < -0.39 is 5.97 Å². The molecule has 2 N–H and O–H groups in total. The molecular weight excluding hydrogens is 324 g/mol. The first kappa shape index (κ1) is 14.8. The molecule has 3 heterocycles. The molecule has 0 unspecified atom stereocenters. The number of nitrogens with one attached hydrogen (secondary N) is 2. The van der Waals surface area contributed by atoms with Crippen LogP contribution in [0.2, 0.25) is 0 Å². The zero-order valence-corrected chi connectivity index (χ0v) is 13.1. The number of aromatic amines is 2. The smallest absolute Gasteiger partial charge is 0.341 e. The Morgan fingerprint density at radius 3 is 2.64 bits per heavy atom. The fraction of sp³-hybridized carbons (Fsp3) is 0.0625. The third kappa shape index (κ3) is 2.47. The number of carbonyl (C=O) groups excluding carboxylic acids is 1. The van der Waals surface area contributed by atoms with Crippen molar-refractivity contribution in [2.45, 2.75) is 0 Å². The van der Waals surface area contributed by atoms with Gasteiger partial charge >= 0.3 is 5.97 Å². The number of fused-ring (bicyclic) bond motifs is 1. The molecule has 9 heteroatoms. The molecule has 25 heavy (non-hydrogen) atoms. The lowest BCUT2D eigenvalue weighted by molar-refractivity contribution is 0.0600. The average molecular weight is 336 g/mol. The van der Waals surface area contributed by atoms with E-state index in [0.29, 0.717) is 11.4 Å². The maximum atomic E-state index is 12.0. The largest absolute Gasteiger partial charge is 0.465 e. The molecule has 9 nitrogen and oxygen atoms in total. The molecule has 0 amide bonds. The minimum atomic E-state index is -0.566. The quantitative estimate of drug-likeness (QED) is 0.543. The van der Waals surface area contributed by atoms with E-state index in [1.54, 1.807) is 17.0 Å². The van der Waals surface area contributed by atoms with Gasteiger partial charge in [0.2, 0.25) is 0 Å². The van der Waals surface area contributed by atoms with E-state index in [1.165, 1.54) is 13.4 Å². The van der Waals surface area contributed by atoms with E-state index in [0.717, 1.165) is 11.3 Å². The summed E-state index contributed by atoms with van der Waals surface area (Å²) in [6.07, 6.45) is 4.64. The number of nitrogens with zero attached hydrogens (tertiary/aromatic N) is 4. The van der Waals surface area contributed by atoms with Crippen molar-refractivity contribution >= 4 is 5.97 Å². The van der Waals surface area contributed by atoms with Gasteiger partial charge in [-0.2, -0.15) is 10.2 Å². The van der Waals surface area contributed by atoms with Crippen LogP contribution in [-0.2, 0) is 4.74 Å². The fourth-order valence-corrected chi connectivity index (χ4v) is 2.58. The molecule has 0 saturated heterocycles. The highest BCUT2D eigenvalue weighted by molar-refractivity contribution is 5.96. The number of H-pyrrole nitrogens is 2. The Morgan fingerprint density at radius 2 is 1.96 bits per heavy atom. The number of esters is 1. The molecule has 124 valence electrons. The van der Waals surface area contributed by atoms with Gasteiger partial charge in [-0.3, -0.25) is 9.89 Å². The summed E-state index contributed by atoms with van der Waals surface area (Å²) in [5.74, 6) is 0.0862. The highest BCUT2D eigenvalue weighted by atomic mass is 16.5. The lowest BCUT2D eigenvalue weighted by Gasteiger charge is -2.12. The molecule has 2 aliphatic heterocycles. The molecule has 2 aliphatic rings. The van der Waals surface area contributed by atoms with E-state index in [2.05, 4.69) is 25.4 Å². The summed E-state index contributed by atoms with van der Waals surface area (Å²) in [6, 6.07) is 7.40. The van der Waals surface area contributed by atoms with Crippen LogP contribution in [-0.4, -0.2) is 43.0 Å². The lowest BCUT2D eigenvalue weighted by atomic mass is 10.1. The van der Waals surface area contributed by atoms with Crippen molar-refractivity contribution in [1.29, 1.82) is 0 Å². The Morgan fingerprint density at radius 1 is 1.16 bits per heavy atom. The minimum Gasteiger partial charge on any atom is -0.465 e. The minimum absolute atomic E-state index is 0.206. The van der Waals surface area contributed by atoms with Crippen molar-refractivity contribution in [1.82, 2.24) is 29.9 Å². The van der Waals surface area contributed by atoms with Gasteiger partial charge in [0, 0.05) is 23.6 Å². The van der Waals surface area contributed by atoms with E-state index in [1.807, 2.05) is 24.3 Å². The molecule has 1 aromatic heterocycles. The summed E-state index contributed by atoms with van der Waals surface area (Å²) in [6.45, 7) is 0. The first-order valence-corrected chi connectivity index (χ1v) is 7.32. The molecule has 0 atom stereocenters. The molecule has 0 saturated carbocycles. The van der Waals surface area contributed by atoms with Crippen molar-refractivity contribution in [2.75, 3.05) is 7.11 Å². The van der Waals surface area contributed by atoms with Crippen LogP contribution >= 0.6 is 0 Å². The fourth-order valence-electron chi connectivity index (χ4n) is 2.58. The van der Waals surface area contributed by atoms with Crippen LogP contribution in [0, 0.1) is 0 Å². The summed E-state index contributed by atoms with van der Waals surface area (Å²) in [5, 5.41) is 12.9. The van der Waals surface area contributed by atoms with Gasteiger partial charge in [0.05, 0.1) is 12.7 Å². The number of methoxy groups -OCH3 is 1. The number of rotatable bonds is 3. The van der Waals surface area contributed by atoms with Gasteiger partial charge in [-0.1, -0.05) is 0 Å². The zero-order chi connectivity index (χ0) is 17.4. The highest BCUT2D eigenvalue weighted by Gasteiger charge is 2.22. The molecule has 0 bridgehead atoms. The van der Waals surface area contributed by atoms with E-state index in [9.17, 15) is 9.59 Å². The van der Waals surface area contributed by atoms with Gasteiger partial charge in [-0.25, -0.2) is 14.9 Å². The lowest BCUT2D eigenvalue weighted by Crippen LogP contribution is -2.11. The van der Waals surface area contributed by atoms with Gasteiger partial charge in [0.25, 0.3) is 5.56 Å². The van der Waals surface area contributed by atoms with Gasteiger partial charge in [0.1, 0.15) is 17.6 Å².